The van der Waals surface area contributed by atoms with E-state index < -0.39 is 11.6 Å². The van der Waals surface area contributed by atoms with Crippen molar-refractivity contribution in [2.75, 3.05) is 31.5 Å². The number of amides is 1. The molecule has 1 aromatic heterocycles. The lowest BCUT2D eigenvalue weighted by atomic mass is 9.81. The van der Waals surface area contributed by atoms with E-state index in [1.54, 1.807) is 12.3 Å². The van der Waals surface area contributed by atoms with Crippen LogP contribution in [0.3, 0.4) is 0 Å². The van der Waals surface area contributed by atoms with Gasteiger partial charge in [0.15, 0.2) is 12.6 Å². The summed E-state index contributed by atoms with van der Waals surface area (Å²) in [4.78, 5) is 34.8. The van der Waals surface area contributed by atoms with E-state index in [9.17, 15) is 14.7 Å². The van der Waals surface area contributed by atoms with Gasteiger partial charge in [-0.25, -0.2) is 14.8 Å². The number of anilines is 1. The molecule has 2 aromatic carbocycles. The Kier molecular flexibility index (Phi) is 7.35. The first-order valence-electron chi connectivity index (χ1n) is 13.0. The van der Waals surface area contributed by atoms with E-state index in [2.05, 4.69) is 15.3 Å². The zero-order chi connectivity index (χ0) is 25.5. The molecular weight excluding hydrogens is 548 g/mol. The van der Waals surface area contributed by atoms with Crippen LogP contribution < -0.4 is 22.3 Å². The molecule has 8 nitrogen and oxygen atoms in total. The fourth-order valence-electron chi connectivity index (χ4n) is 6.47. The molecule has 3 fully saturated rings. The van der Waals surface area contributed by atoms with Gasteiger partial charge >= 0.3 is 5.97 Å². The molecule has 1 aliphatic carbocycles. The van der Waals surface area contributed by atoms with Gasteiger partial charge in [-0.3, -0.25) is 4.79 Å². The molecular formula is C29H31BrN4O4. The molecule has 0 radical (unpaired) electrons. The van der Waals surface area contributed by atoms with Crippen LogP contribution in [0.15, 0.2) is 67.1 Å². The van der Waals surface area contributed by atoms with Crippen LogP contribution in [0.2, 0.25) is 0 Å². The molecule has 9 heteroatoms. The standard InChI is InChI=1S/C29H30N4O4.BrH/c34-27(32-26-11-14-30-19-31-26)18-33-15-12-22(13-16-33)25(17-33)37-28(35)29(36)23-7-3-1-5-20(23)9-10-21-6-2-4-8-24(21)29;/h1-8,11,14,19,22,25,36H,9-10,12-13,15-18H2;1H/t22?,25-,33?;/m0./s1. The average molecular weight is 579 g/mol. The number of nitrogens with zero attached hydrogens (tertiary/aromatic N) is 3. The average Bonchev–Trinajstić information content (AvgIpc) is 3.05. The van der Waals surface area contributed by atoms with Gasteiger partial charge in [0, 0.05) is 36.1 Å². The first-order chi connectivity index (χ1) is 18.0. The summed E-state index contributed by atoms with van der Waals surface area (Å²) in [5.74, 6) is -0.0410. The molecule has 4 aliphatic rings. The minimum absolute atomic E-state index is 0. The monoisotopic (exact) mass is 578 g/mol. The number of esters is 1. The number of nitrogens with one attached hydrogen (secondary N) is 1. The number of carbonyl (C=O) groups excluding carboxylic acids is 2. The van der Waals surface area contributed by atoms with Gasteiger partial charge in [0.05, 0.1) is 13.1 Å². The highest BCUT2D eigenvalue weighted by Crippen LogP contribution is 2.41. The minimum atomic E-state index is -1.87. The maximum atomic E-state index is 13.9. The summed E-state index contributed by atoms with van der Waals surface area (Å²) in [7, 11) is 0. The number of rotatable bonds is 5. The van der Waals surface area contributed by atoms with Crippen LogP contribution in [-0.4, -0.2) is 63.7 Å². The summed E-state index contributed by atoms with van der Waals surface area (Å²) >= 11 is 0. The molecule has 3 saturated heterocycles. The number of piperidine rings is 3. The number of hydrogen-bond acceptors (Lipinski definition) is 6. The lowest BCUT2D eigenvalue weighted by Crippen LogP contribution is -3.00. The van der Waals surface area contributed by atoms with Crippen LogP contribution in [0.5, 0.6) is 0 Å². The summed E-state index contributed by atoms with van der Waals surface area (Å²) in [6, 6.07) is 16.9. The lowest BCUT2D eigenvalue weighted by molar-refractivity contribution is -0.939. The topological polar surface area (TPSA) is 101 Å². The predicted molar refractivity (Wildman–Crippen MR) is 136 cm³/mol. The molecule has 3 aromatic rings. The molecule has 2 N–H and O–H groups in total. The zero-order valence-corrected chi connectivity index (χ0v) is 22.6. The number of aryl methyl sites for hydroxylation is 2. The summed E-state index contributed by atoms with van der Waals surface area (Å²) in [5.41, 5.74) is 1.23. The van der Waals surface area contributed by atoms with Crippen LogP contribution in [0.4, 0.5) is 5.82 Å². The molecule has 7 rings (SSSR count). The smallest absolute Gasteiger partial charge is 0.348 e. The minimum Gasteiger partial charge on any atom is -1.00 e. The van der Waals surface area contributed by atoms with Gasteiger partial charge in [-0.05, 0) is 30.0 Å². The van der Waals surface area contributed by atoms with Gasteiger partial charge in [0.25, 0.3) is 5.91 Å². The molecule has 1 amide bonds. The number of halogens is 1. The highest BCUT2D eigenvalue weighted by atomic mass is 79.9. The number of aliphatic hydroxyl groups is 1. The molecule has 38 heavy (non-hydrogen) atoms. The molecule has 1 atom stereocenters. The Morgan fingerprint density at radius 3 is 2.24 bits per heavy atom. The van der Waals surface area contributed by atoms with Gasteiger partial charge < -0.3 is 36.6 Å². The second kappa shape index (κ2) is 10.6. The SMILES string of the molecule is O=C(C[N+]12CCC(CC1)[C@@H](OC(=O)C1(O)c3ccccc3CCc3ccccc31)C2)Nc1ccncn1.[Br-]. The number of quaternary nitrogens is 1. The Morgan fingerprint density at radius 2 is 1.63 bits per heavy atom. The van der Waals surface area contributed by atoms with Crippen molar-refractivity contribution in [3.05, 3.63) is 89.4 Å². The van der Waals surface area contributed by atoms with Crippen LogP contribution >= 0.6 is 0 Å². The lowest BCUT2D eigenvalue weighted by Gasteiger charge is -2.51. The molecule has 0 saturated carbocycles. The van der Waals surface area contributed by atoms with Crippen LogP contribution in [0.25, 0.3) is 0 Å². The third kappa shape index (κ3) is 4.74. The molecule has 0 spiro atoms. The van der Waals surface area contributed by atoms with Crippen molar-refractivity contribution in [1.29, 1.82) is 0 Å². The van der Waals surface area contributed by atoms with Crippen LogP contribution in [0.1, 0.15) is 35.1 Å². The quantitative estimate of drug-likeness (QED) is 0.316. The Hall–Kier alpha value is -3.14. The normalized spacial score (nSPS) is 24.7. The van der Waals surface area contributed by atoms with E-state index in [4.69, 9.17) is 4.74 Å². The number of ether oxygens (including phenoxy) is 1. The van der Waals surface area contributed by atoms with Crippen molar-refractivity contribution in [2.45, 2.75) is 37.4 Å². The Balaban J connectivity index is 0.00000294. The highest BCUT2D eigenvalue weighted by Gasteiger charge is 2.52. The molecule has 2 bridgehead atoms. The van der Waals surface area contributed by atoms with Crippen LogP contribution in [0, 0.1) is 5.92 Å². The predicted octanol–water partition coefficient (Wildman–Crippen LogP) is -0.394. The fraction of sp³-hybridized carbons (Fsp3) is 0.379. The second-order valence-electron chi connectivity index (χ2n) is 10.6. The maximum absolute atomic E-state index is 13.9. The molecule has 4 heterocycles. The highest BCUT2D eigenvalue weighted by molar-refractivity contribution is 5.90. The van der Waals surface area contributed by atoms with Gasteiger partial charge in [-0.15, -0.1) is 0 Å². The third-order valence-electron chi connectivity index (χ3n) is 8.40. The maximum Gasteiger partial charge on any atom is 0.348 e. The van der Waals surface area contributed by atoms with Crippen molar-refractivity contribution in [3.8, 4) is 0 Å². The van der Waals surface area contributed by atoms with Crippen molar-refractivity contribution >= 4 is 17.7 Å². The van der Waals surface area contributed by atoms with E-state index in [1.165, 1.54) is 6.33 Å². The third-order valence-corrected chi connectivity index (χ3v) is 8.40. The summed E-state index contributed by atoms with van der Waals surface area (Å²) in [6.07, 6.45) is 5.89. The van der Waals surface area contributed by atoms with E-state index in [0.717, 1.165) is 49.9 Å². The summed E-state index contributed by atoms with van der Waals surface area (Å²) in [6.45, 7) is 2.59. The molecule has 0 unspecified atom stereocenters. The van der Waals surface area contributed by atoms with Gasteiger partial charge in [0.2, 0.25) is 5.60 Å². The first-order valence-corrected chi connectivity index (χ1v) is 13.0. The van der Waals surface area contributed by atoms with Crippen molar-refractivity contribution in [2.24, 2.45) is 5.92 Å². The summed E-state index contributed by atoms with van der Waals surface area (Å²) in [5, 5.41) is 15.0. The number of aromatic nitrogens is 2. The first kappa shape index (κ1) is 26.5. The summed E-state index contributed by atoms with van der Waals surface area (Å²) < 4.78 is 6.77. The molecule has 198 valence electrons. The van der Waals surface area contributed by atoms with E-state index >= 15 is 0 Å². The van der Waals surface area contributed by atoms with Gasteiger partial charge in [0.1, 0.15) is 18.7 Å². The van der Waals surface area contributed by atoms with Gasteiger partial charge in [-0.1, -0.05) is 48.5 Å². The van der Waals surface area contributed by atoms with E-state index in [1.807, 2.05) is 48.5 Å². The number of fused-ring (bicyclic) bond motifs is 5. The Morgan fingerprint density at radius 1 is 1.00 bits per heavy atom. The zero-order valence-electron chi connectivity index (χ0n) is 21.1. The second-order valence-corrected chi connectivity index (χ2v) is 10.6. The van der Waals surface area contributed by atoms with Crippen molar-refractivity contribution < 1.29 is 40.9 Å². The van der Waals surface area contributed by atoms with Crippen LogP contribution in [-0.2, 0) is 32.8 Å². The Labute approximate surface area is 232 Å². The molecule has 3 aliphatic heterocycles. The number of carbonyl (C=O) groups is 2. The van der Waals surface area contributed by atoms with E-state index in [0.29, 0.717) is 34.5 Å². The number of hydrogen-bond donors (Lipinski definition) is 2. The Bertz CT molecular complexity index is 1280. The van der Waals surface area contributed by atoms with Crippen molar-refractivity contribution in [1.82, 2.24) is 9.97 Å². The number of benzene rings is 2. The fourth-order valence-corrected chi connectivity index (χ4v) is 6.47. The van der Waals surface area contributed by atoms with E-state index in [-0.39, 0.29) is 34.9 Å². The van der Waals surface area contributed by atoms with Gasteiger partial charge in [-0.2, -0.15) is 0 Å². The largest absolute Gasteiger partial charge is 1.00 e. The van der Waals surface area contributed by atoms with Crippen molar-refractivity contribution in [3.63, 3.8) is 0 Å².